The van der Waals surface area contributed by atoms with E-state index in [0.29, 0.717) is 6.42 Å². The molecule has 2 aliphatic rings. The smallest absolute Gasteiger partial charge is 0.226 e. The van der Waals surface area contributed by atoms with Crippen LogP contribution >= 0.6 is 0 Å². The van der Waals surface area contributed by atoms with Crippen LogP contribution in [0.4, 0.5) is 0 Å². The van der Waals surface area contributed by atoms with Gasteiger partial charge in [0.15, 0.2) is 0 Å². The minimum Gasteiger partial charge on any atom is -0.342 e. The number of nitrogens with two attached hydrogens (primary N) is 1. The van der Waals surface area contributed by atoms with E-state index in [1.165, 1.54) is 18.4 Å². The van der Waals surface area contributed by atoms with Crippen LogP contribution in [0.1, 0.15) is 49.7 Å². The topological polar surface area (TPSA) is 46.3 Å². The fourth-order valence-corrected chi connectivity index (χ4v) is 3.02. The third kappa shape index (κ3) is 3.04. The zero-order valence-corrected chi connectivity index (χ0v) is 12.1. The fraction of sp³-hybridized carbons (Fsp3) is 0.588. The van der Waals surface area contributed by atoms with Gasteiger partial charge in [0.25, 0.3) is 0 Å². The lowest BCUT2D eigenvalue weighted by Crippen LogP contribution is -2.33. The van der Waals surface area contributed by atoms with Crippen LogP contribution < -0.4 is 5.73 Å². The van der Waals surface area contributed by atoms with Crippen molar-refractivity contribution in [2.24, 2.45) is 5.73 Å². The number of hydrogen-bond acceptors (Lipinski definition) is 2. The Morgan fingerprint density at radius 2 is 1.85 bits per heavy atom. The van der Waals surface area contributed by atoms with E-state index in [1.54, 1.807) is 0 Å². The van der Waals surface area contributed by atoms with E-state index in [2.05, 4.69) is 12.1 Å². The summed E-state index contributed by atoms with van der Waals surface area (Å²) in [6.45, 7) is 1.86. The molecule has 1 aromatic carbocycles. The summed E-state index contributed by atoms with van der Waals surface area (Å²) in [7, 11) is 0. The predicted octanol–water partition coefficient (Wildman–Crippen LogP) is 2.58. The maximum absolute atomic E-state index is 12.4. The van der Waals surface area contributed by atoms with Crippen molar-refractivity contribution in [1.29, 1.82) is 0 Å². The van der Waals surface area contributed by atoms with Gasteiger partial charge in [-0.3, -0.25) is 4.79 Å². The number of carbonyl (C=O) groups is 1. The maximum atomic E-state index is 12.4. The van der Waals surface area contributed by atoms with Gasteiger partial charge in [0.1, 0.15) is 0 Å². The number of carbonyl (C=O) groups excluding carboxylic acids is 1. The van der Waals surface area contributed by atoms with E-state index >= 15 is 0 Å². The molecule has 2 N–H and O–H groups in total. The second kappa shape index (κ2) is 5.57. The number of amides is 1. The SMILES string of the molecule is NC1(c2cccc(CC(=O)N3CCCCCC3)c2)CC1. The number of benzene rings is 1. The quantitative estimate of drug-likeness (QED) is 0.919. The van der Waals surface area contributed by atoms with E-state index in [9.17, 15) is 4.79 Å². The van der Waals surface area contributed by atoms with Crippen LogP contribution in [0, 0.1) is 0 Å². The van der Waals surface area contributed by atoms with Gasteiger partial charge in [-0.1, -0.05) is 37.1 Å². The molecular formula is C17H24N2O. The molecule has 1 aliphatic heterocycles. The summed E-state index contributed by atoms with van der Waals surface area (Å²) in [4.78, 5) is 14.4. The first-order valence-corrected chi connectivity index (χ1v) is 7.83. The molecule has 0 atom stereocenters. The first-order chi connectivity index (χ1) is 9.67. The first-order valence-electron chi connectivity index (χ1n) is 7.83. The fourth-order valence-electron chi connectivity index (χ4n) is 3.02. The molecule has 0 unspecified atom stereocenters. The van der Waals surface area contributed by atoms with Crippen LogP contribution in [-0.2, 0) is 16.8 Å². The van der Waals surface area contributed by atoms with Gasteiger partial charge in [-0.15, -0.1) is 0 Å². The molecule has 2 fully saturated rings. The molecule has 3 nitrogen and oxygen atoms in total. The van der Waals surface area contributed by atoms with Gasteiger partial charge in [0.2, 0.25) is 5.91 Å². The van der Waals surface area contributed by atoms with Gasteiger partial charge < -0.3 is 10.6 Å². The van der Waals surface area contributed by atoms with Crippen LogP contribution in [0.15, 0.2) is 24.3 Å². The number of hydrogen-bond donors (Lipinski definition) is 1. The minimum atomic E-state index is -0.109. The molecule has 108 valence electrons. The zero-order chi connectivity index (χ0) is 14.0. The molecule has 3 rings (SSSR count). The van der Waals surface area contributed by atoms with E-state index < -0.39 is 0 Å². The van der Waals surface area contributed by atoms with E-state index in [-0.39, 0.29) is 11.4 Å². The second-order valence-corrected chi connectivity index (χ2v) is 6.33. The van der Waals surface area contributed by atoms with Gasteiger partial charge in [0.05, 0.1) is 6.42 Å². The molecular weight excluding hydrogens is 248 g/mol. The Morgan fingerprint density at radius 1 is 1.15 bits per heavy atom. The maximum Gasteiger partial charge on any atom is 0.226 e. The van der Waals surface area contributed by atoms with E-state index in [0.717, 1.165) is 44.3 Å². The summed E-state index contributed by atoms with van der Waals surface area (Å²) >= 11 is 0. The molecule has 0 aromatic heterocycles. The van der Waals surface area contributed by atoms with Crippen molar-refractivity contribution in [3.8, 4) is 0 Å². The highest BCUT2D eigenvalue weighted by atomic mass is 16.2. The minimum absolute atomic E-state index is 0.109. The van der Waals surface area contributed by atoms with Gasteiger partial charge in [-0.2, -0.15) is 0 Å². The average Bonchev–Trinajstić information content (AvgIpc) is 3.23. The van der Waals surface area contributed by atoms with Gasteiger partial charge in [-0.25, -0.2) is 0 Å². The van der Waals surface area contributed by atoms with E-state index in [1.807, 2.05) is 17.0 Å². The Labute approximate surface area is 121 Å². The van der Waals surface area contributed by atoms with Crippen LogP contribution in [0.2, 0.25) is 0 Å². The Morgan fingerprint density at radius 3 is 2.50 bits per heavy atom. The average molecular weight is 272 g/mol. The lowest BCUT2D eigenvalue weighted by Gasteiger charge is -2.20. The van der Waals surface area contributed by atoms with Crippen LogP contribution in [0.25, 0.3) is 0 Å². The number of rotatable bonds is 3. The van der Waals surface area contributed by atoms with Crippen molar-refractivity contribution >= 4 is 5.91 Å². The summed E-state index contributed by atoms with van der Waals surface area (Å²) in [6.07, 6.45) is 7.47. The van der Waals surface area contributed by atoms with Gasteiger partial charge >= 0.3 is 0 Å². The zero-order valence-electron chi connectivity index (χ0n) is 12.1. The molecule has 1 aliphatic carbocycles. The second-order valence-electron chi connectivity index (χ2n) is 6.33. The summed E-state index contributed by atoms with van der Waals surface area (Å²) in [5.41, 5.74) is 8.42. The largest absolute Gasteiger partial charge is 0.342 e. The molecule has 3 heteroatoms. The third-order valence-corrected chi connectivity index (χ3v) is 4.60. The lowest BCUT2D eigenvalue weighted by atomic mass is 10.0. The molecule has 1 heterocycles. The Kier molecular flexibility index (Phi) is 3.79. The van der Waals surface area contributed by atoms with Crippen molar-refractivity contribution in [2.45, 2.75) is 50.5 Å². The van der Waals surface area contributed by atoms with Crippen molar-refractivity contribution < 1.29 is 4.79 Å². The van der Waals surface area contributed by atoms with Crippen molar-refractivity contribution in [3.05, 3.63) is 35.4 Å². The highest BCUT2D eigenvalue weighted by Crippen LogP contribution is 2.42. The molecule has 0 spiro atoms. The van der Waals surface area contributed by atoms with Gasteiger partial charge in [-0.05, 0) is 36.8 Å². The van der Waals surface area contributed by atoms with Crippen LogP contribution in [0.3, 0.4) is 0 Å². The van der Waals surface area contributed by atoms with Crippen LogP contribution in [0.5, 0.6) is 0 Å². The van der Waals surface area contributed by atoms with Crippen LogP contribution in [-0.4, -0.2) is 23.9 Å². The Bertz CT molecular complexity index is 486. The summed E-state index contributed by atoms with van der Waals surface area (Å²) < 4.78 is 0. The normalized spacial score (nSPS) is 21.4. The highest BCUT2D eigenvalue weighted by Gasteiger charge is 2.39. The molecule has 1 saturated heterocycles. The van der Waals surface area contributed by atoms with E-state index in [4.69, 9.17) is 5.73 Å². The standard InChI is InChI=1S/C17H24N2O/c18-17(8-9-17)15-7-5-6-14(12-15)13-16(20)19-10-3-1-2-4-11-19/h5-7,12H,1-4,8-11,13,18H2. The molecule has 1 aromatic rings. The Balaban J connectivity index is 1.66. The number of likely N-dealkylation sites (tertiary alicyclic amines) is 1. The molecule has 0 bridgehead atoms. The molecule has 1 amide bonds. The monoisotopic (exact) mass is 272 g/mol. The van der Waals surface area contributed by atoms with Crippen molar-refractivity contribution in [2.75, 3.05) is 13.1 Å². The summed E-state index contributed by atoms with van der Waals surface area (Å²) in [5, 5.41) is 0. The highest BCUT2D eigenvalue weighted by molar-refractivity contribution is 5.78. The van der Waals surface area contributed by atoms with Gasteiger partial charge in [0, 0.05) is 18.6 Å². The summed E-state index contributed by atoms with van der Waals surface area (Å²) in [5.74, 6) is 0.269. The van der Waals surface area contributed by atoms with Crippen molar-refractivity contribution in [1.82, 2.24) is 4.90 Å². The first kappa shape index (κ1) is 13.6. The van der Waals surface area contributed by atoms with Crippen molar-refractivity contribution in [3.63, 3.8) is 0 Å². The predicted molar refractivity (Wildman–Crippen MR) is 80.3 cm³/mol. The summed E-state index contributed by atoms with van der Waals surface area (Å²) in [6, 6.07) is 8.30. The number of nitrogens with zero attached hydrogens (tertiary/aromatic N) is 1. The lowest BCUT2D eigenvalue weighted by molar-refractivity contribution is -0.130. The molecule has 20 heavy (non-hydrogen) atoms. The Hall–Kier alpha value is -1.35. The third-order valence-electron chi connectivity index (χ3n) is 4.60. The molecule has 0 radical (unpaired) electrons. The molecule has 1 saturated carbocycles.